The summed E-state index contributed by atoms with van der Waals surface area (Å²) in [7, 11) is 0. The van der Waals surface area contributed by atoms with E-state index in [-0.39, 0.29) is 5.91 Å². The van der Waals surface area contributed by atoms with Crippen LogP contribution >= 0.6 is 0 Å². The Hall–Kier alpha value is -1.35. The smallest absolute Gasteiger partial charge is 0.218 e. The van der Waals surface area contributed by atoms with Crippen molar-refractivity contribution >= 4 is 5.91 Å². The number of carbonyl (C=O) groups excluding carboxylic acids is 1. The van der Waals surface area contributed by atoms with E-state index in [4.69, 9.17) is 5.73 Å². The molecule has 3 heteroatoms. The summed E-state index contributed by atoms with van der Waals surface area (Å²) in [6.45, 7) is 1.45. The van der Waals surface area contributed by atoms with E-state index in [2.05, 4.69) is 5.32 Å². The second kappa shape index (κ2) is 3.88. The van der Waals surface area contributed by atoms with Crippen LogP contribution in [0.25, 0.3) is 0 Å². The van der Waals surface area contributed by atoms with Gasteiger partial charge in [-0.05, 0) is 5.56 Å². The third-order valence-electron chi connectivity index (χ3n) is 1.52. The maximum absolute atomic E-state index is 10.6. The van der Waals surface area contributed by atoms with E-state index in [1.165, 1.54) is 6.92 Å². The molecule has 0 spiro atoms. The van der Waals surface area contributed by atoms with E-state index in [0.29, 0.717) is 0 Å². The fraction of sp³-hybridized carbons (Fsp3) is 0.222. The van der Waals surface area contributed by atoms with Gasteiger partial charge in [-0.3, -0.25) is 4.79 Å². The maximum atomic E-state index is 10.6. The Labute approximate surface area is 71.6 Å². The van der Waals surface area contributed by atoms with Gasteiger partial charge in [0.1, 0.15) is 6.17 Å². The highest BCUT2D eigenvalue weighted by atomic mass is 16.1. The topological polar surface area (TPSA) is 55.1 Å². The molecule has 1 aromatic carbocycles. The summed E-state index contributed by atoms with van der Waals surface area (Å²) in [4.78, 5) is 10.6. The van der Waals surface area contributed by atoms with Crippen LogP contribution in [0.3, 0.4) is 0 Å². The molecule has 0 saturated carbocycles. The number of nitrogens with one attached hydrogen (secondary N) is 1. The molecule has 1 rings (SSSR count). The number of rotatable bonds is 2. The van der Waals surface area contributed by atoms with Gasteiger partial charge >= 0.3 is 0 Å². The lowest BCUT2D eigenvalue weighted by molar-refractivity contribution is -0.119. The van der Waals surface area contributed by atoms with E-state index in [0.717, 1.165) is 5.56 Å². The van der Waals surface area contributed by atoms with Gasteiger partial charge in [-0.1, -0.05) is 30.3 Å². The highest BCUT2D eigenvalue weighted by Gasteiger charge is 2.04. The lowest BCUT2D eigenvalue weighted by Crippen LogP contribution is -2.32. The molecule has 0 saturated heterocycles. The van der Waals surface area contributed by atoms with E-state index in [9.17, 15) is 4.79 Å². The van der Waals surface area contributed by atoms with Crippen molar-refractivity contribution in [2.75, 3.05) is 0 Å². The SMILES string of the molecule is CC(=O)NC(N)c1ccccc1. The van der Waals surface area contributed by atoms with Crippen LogP contribution in [-0.4, -0.2) is 5.91 Å². The molecular weight excluding hydrogens is 152 g/mol. The summed E-state index contributed by atoms with van der Waals surface area (Å²) in [5.74, 6) is -0.119. The second-order valence-electron chi connectivity index (χ2n) is 2.59. The largest absolute Gasteiger partial charge is 0.337 e. The van der Waals surface area contributed by atoms with Gasteiger partial charge in [-0.15, -0.1) is 0 Å². The van der Waals surface area contributed by atoms with Crippen molar-refractivity contribution in [3.8, 4) is 0 Å². The summed E-state index contributed by atoms with van der Waals surface area (Å²) in [6, 6.07) is 9.43. The highest BCUT2D eigenvalue weighted by molar-refractivity contribution is 5.73. The van der Waals surface area contributed by atoms with Crippen LogP contribution in [0, 0.1) is 0 Å². The summed E-state index contributed by atoms with van der Waals surface area (Å²) in [6.07, 6.45) is -0.399. The Kier molecular flexibility index (Phi) is 2.82. The van der Waals surface area contributed by atoms with Crippen LogP contribution < -0.4 is 11.1 Å². The zero-order valence-corrected chi connectivity index (χ0v) is 6.95. The van der Waals surface area contributed by atoms with Crippen LogP contribution in [0.15, 0.2) is 30.3 Å². The third-order valence-corrected chi connectivity index (χ3v) is 1.52. The third kappa shape index (κ3) is 2.36. The van der Waals surface area contributed by atoms with Gasteiger partial charge in [0.25, 0.3) is 0 Å². The van der Waals surface area contributed by atoms with Gasteiger partial charge in [-0.2, -0.15) is 0 Å². The van der Waals surface area contributed by atoms with Crippen molar-refractivity contribution in [2.24, 2.45) is 5.73 Å². The quantitative estimate of drug-likeness (QED) is 0.634. The minimum absolute atomic E-state index is 0.119. The van der Waals surface area contributed by atoms with E-state index < -0.39 is 6.17 Å². The maximum Gasteiger partial charge on any atom is 0.218 e. The zero-order valence-electron chi connectivity index (χ0n) is 6.95. The standard InChI is InChI=1S/C9H12N2O/c1-7(12)11-9(10)8-5-3-2-4-6-8/h2-6,9H,10H2,1H3,(H,11,12). The fourth-order valence-corrected chi connectivity index (χ4v) is 0.963. The van der Waals surface area contributed by atoms with Crippen LogP contribution in [0.1, 0.15) is 18.7 Å². The average Bonchev–Trinajstić information content (AvgIpc) is 2.05. The molecule has 64 valence electrons. The molecule has 0 heterocycles. The predicted molar refractivity (Wildman–Crippen MR) is 47.2 cm³/mol. The van der Waals surface area contributed by atoms with E-state index in [1.54, 1.807) is 0 Å². The highest BCUT2D eigenvalue weighted by Crippen LogP contribution is 2.05. The minimum Gasteiger partial charge on any atom is -0.337 e. The van der Waals surface area contributed by atoms with Gasteiger partial charge in [0.05, 0.1) is 0 Å². The fourth-order valence-electron chi connectivity index (χ4n) is 0.963. The van der Waals surface area contributed by atoms with Crippen molar-refractivity contribution in [3.63, 3.8) is 0 Å². The molecule has 0 aliphatic rings. The monoisotopic (exact) mass is 164 g/mol. The molecule has 0 bridgehead atoms. The Bertz CT molecular complexity index is 258. The molecule has 12 heavy (non-hydrogen) atoms. The Morgan fingerprint density at radius 1 is 1.42 bits per heavy atom. The lowest BCUT2D eigenvalue weighted by atomic mass is 10.2. The first-order valence-electron chi connectivity index (χ1n) is 3.78. The zero-order chi connectivity index (χ0) is 8.97. The normalized spacial score (nSPS) is 12.2. The Morgan fingerprint density at radius 3 is 2.50 bits per heavy atom. The van der Waals surface area contributed by atoms with Gasteiger partial charge in [-0.25, -0.2) is 0 Å². The van der Waals surface area contributed by atoms with Crippen molar-refractivity contribution in [2.45, 2.75) is 13.1 Å². The molecule has 1 aromatic rings. The lowest BCUT2D eigenvalue weighted by Gasteiger charge is -2.11. The number of nitrogens with two attached hydrogens (primary N) is 1. The van der Waals surface area contributed by atoms with Crippen molar-refractivity contribution in [1.82, 2.24) is 5.32 Å². The number of benzene rings is 1. The number of hydrogen-bond acceptors (Lipinski definition) is 2. The first-order valence-corrected chi connectivity index (χ1v) is 3.78. The van der Waals surface area contributed by atoms with Crippen molar-refractivity contribution in [1.29, 1.82) is 0 Å². The predicted octanol–water partition coefficient (Wildman–Crippen LogP) is 0.780. The summed E-state index contributed by atoms with van der Waals surface area (Å²) in [5.41, 5.74) is 6.57. The summed E-state index contributed by atoms with van der Waals surface area (Å²) in [5, 5.41) is 2.60. The average molecular weight is 164 g/mol. The van der Waals surface area contributed by atoms with Crippen LogP contribution in [0.5, 0.6) is 0 Å². The molecule has 0 aliphatic carbocycles. The van der Waals surface area contributed by atoms with Crippen LogP contribution in [0.2, 0.25) is 0 Å². The van der Waals surface area contributed by atoms with E-state index >= 15 is 0 Å². The van der Waals surface area contributed by atoms with Crippen molar-refractivity contribution in [3.05, 3.63) is 35.9 Å². The molecule has 1 unspecified atom stereocenters. The van der Waals surface area contributed by atoms with Gasteiger partial charge in [0.15, 0.2) is 0 Å². The van der Waals surface area contributed by atoms with Gasteiger partial charge < -0.3 is 11.1 Å². The Morgan fingerprint density at radius 2 is 2.00 bits per heavy atom. The molecule has 0 aromatic heterocycles. The first-order chi connectivity index (χ1) is 5.70. The molecule has 3 nitrogen and oxygen atoms in total. The Balaban J connectivity index is 2.65. The number of carbonyl (C=O) groups is 1. The molecular formula is C9H12N2O. The molecule has 1 atom stereocenters. The van der Waals surface area contributed by atoms with Crippen LogP contribution in [0.4, 0.5) is 0 Å². The molecule has 3 N–H and O–H groups in total. The van der Waals surface area contributed by atoms with Gasteiger partial charge in [0, 0.05) is 6.92 Å². The van der Waals surface area contributed by atoms with Crippen LogP contribution in [-0.2, 0) is 4.79 Å². The van der Waals surface area contributed by atoms with Crippen molar-refractivity contribution < 1.29 is 4.79 Å². The number of amides is 1. The van der Waals surface area contributed by atoms with E-state index in [1.807, 2.05) is 30.3 Å². The minimum atomic E-state index is -0.399. The van der Waals surface area contributed by atoms with Gasteiger partial charge in [0.2, 0.25) is 5.91 Å². The molecule has 1 amide bonds. The first kappa shape index (κ1) is 8.74. The molecule has 0 aliphatic heterocycles. The second-order valence-corrected chi connectivity index (χ2v) is 2.59. The molecule has 0 fully saturated rings. The summed E-state index contributed by atoms with van der Waals surface area (Å²) >= 11 is 0. The molecule has 0 radical (unpaired) electrons. The summed E-state index contributed by atoms with van der Waals surface area (Å²) < 4.78 is 0. The number of hydrogen-bond donors (Lipinski definition) is 2.